The van der Waals surface area contributed by atoms with Crippen LogP contribution in [0.1, 0.15) is 0 Å². The number of carbonyl (C=O) groups is 1. The van der Waals surface area contributed by atoms with Crippen molar-refractivity contribution in [3.63, 3.8) is 0 Å². The molecule has 0 unspecified atom stereocenters. The number of carbonyl (C=O) groups excluding carboxylic acids is 1. The predicted octanol–water partition coefficient (Wildman–Crippen LogP) is 0.408. The van der Waals surface area contributed by atoms with Crippen LogP contribution in [-0.4, -0.2) is 5.78 Å². The average Bonchev–Trinajstić information content (AvgIpc) is 1.38. The van der Waals surface area contributed by atoms with Gasteiger partial charge in [0.25, 0.3) is 0 Å². The molecule has 0 aliphatic heterocycles. The van der Waals surface area contributed by atoms with E-state index in [1.165, 1.54) is 0 Å². The van der Waals surface area contributed by atoms with Crippen LogP contribution >= 0.6 is 0 Å². The summed E-state index contributed by atoms with van der Waals surface area (Å²) < 4.78 is 0. The first-order valence-corrected chi connectivity index (χ1v) is 1.15. The van der Waals surface area contributed by atoms with E-state index in [0.29, 0.717) is 0 Å². The second kappa shape index (κ2) is 9.44. The zero-order chi connectivity index (χ0) is 4.28. The van der Waals surface area contributed by atoms with Crippen molar-refractivity contribution in [1.82, 2.24) is 0 Å². The smallest absolute Gasteiger partial charge is 0.164 e. The van der Waals surface area contributed by atoms with Crippen LogP contribution in [-0.2, 0) is 25.9 Å². The molecule has 0 amide bonds. The Morgan fingerprint density at radius 3 is 1.86 bits per heavy atom. The van der Waals surface area contributed by atoms with Gasteiger partial charge in [0, 0.05) is 28.5 Å². The van der Waals surface area contributed by atoms with E-state index >= 15 is 0 Å². The standard InChI is InChI=1S/C4H3O.C.W/c1-3-4(2)5;;/h3H,1H2;;. The number of allylic oxidation sites excluding steroid dienone is 1. The molecule has 0 saturated heterocycles. The monoisotopic (exact) mass is 263 g/mol. The zero-order valence-electron chi connectivity index (χ0n) is 3.60. The van der Waals surface area contributed by atoms with Gasteiger partial charge in [0.05, 0.1) is 6.92 Å². The quantitative estimate of drug-likeness (QED) is 0.626. The number of hydrogen-bond acceptors (Lipinski definition) is 1. The van der Waals surface area contributed by atoms with E-state index in [-0.39, 0.29) is 28.5 Å². The molecule has 0 atom stereocenters. The molecule has 35 valence electrons. The first kappa shape index (κ1) is 15.7. The second-order valence-electron chi connectivity index (χ2n) is 0.568. The van der Waals surface area contributed by atoms with Crippen molar-refractivity contribution in [2.45, 2.75) is 0 Å². The van der Waals surface area contributed by atoms with Crippen molar-refractivity contribution in [2.24, 2.45) is 0 Å². The Bertz CT molecular complexity index is 59.1. The van der Waals surface area contributed by atoms with Gasteiger partial charge in [0.2, 0.25) is 0 Å². The van der Waals surface area contributed by atoms with Crippen molar-refractivity contribution in [1.29, 1.82) is 0 Å². The summed E-state index contributed by atoms with van der Waals surface area (Å²) in [6.07, 6.45) is 0.944. The van der Waals surface area contributed by atoms with Crippen LogP contribution in [0.2, 0.25) is 0 Å². The molecule has 2 heteroatoms. The minimum absolute atomic E-state index is 0. The molecule has 0 rings (SSSR count). The number of ketones is 1. The Labute approximate surface area is 59.1 Å². The van der Waals surface area contributed by atoms with Crippen molar-refractivity contribution >= 4 is 5.78 Å². The van der Waals surface area contributed by atoms with E-state index in [1.807, 2.05) is 0 Å². The molecule has 0 aromatic heterocycles. The van der Waals surface area contributed by atoms with Gasteiger partial charge < -0.3 is 0 Å². The minimum atomic E-state index is -0.731. The third-order valence-corrected chi connectivity index (χ3v) is 0.185. The zero-order valence-corrected chi connectivity index (χ0v) is 6.53. The summed E-state index contributed by atoms with van der Waals surface area (Å²) in [5.74, 6) is -0.731. The summed E-state index contributed by atoms with van der Waals surface area (Å²) >= 11 is 0. The first-order valence-electron chi connectivity index (χ1n) is 1.15. The van der Waals surface area contributed by atoms with Gasteiger partial charge in [-0.2, -0.15) is 0 Å². The van der Waals surface area contributed by atoms with Crippen molar-refractivity contribution in [3.8, 4) is 0 Å². The molecule has 0 N–H and O–H groups in total. The molecule has 0 heterocycles. The summed E-state index contributed by atoms with van der Waals surface area (Å²) in [6, 6.07) is 0. The van der Waals surface area contributed by atoms with Gasteiger partial charge in [-0.3, -0.25) is 4.79 Å². The largest absolute Gasteiger partial charge is 0.294 e. The van der Waals surface area contributed by atoms with Gasteiger partial charge in [0.15, 0.2) is 5.78 Å². The summed E-state index contributed by atoms with van der Waals surface area (Å²) in [5.41, 5.74) is 0. The van der Waals surface area contributed by atoms with E-state index in [4.69, 9.17) is 6.92 Å². The third-order valence-electron chi connectivity index (χ3n) is 0.185. The Kier molecular flexibility index (Phi) is 21.2. The molecule has 0 aromatic rings. The Hall–Kier alpha value is 0.0983. The molecule has 7 heavy (non-hydrogen) atoms. The van der Waals surface area contributed by atoms with Crippen molar-refractivity contribution in [3.05, 3.63) is 27.0 Å². The molecule has 0 spiro atoms. The second-order valence-corrected chi connectivity index (χ2v) is 0.568. The Balaban J connectivity index is -0.0000000800. The van der Waals surface area contributed by atoms with E-state index in [0.717, 1.165) is 6.08 Å². The Morgan fingerprint density at radius 2 is 1.86 bits per heavy atom. The summed E-state index contributed by atoms with van der Waals surface area (Å²) in [5, 5.41) is 0. The summed E-state index contributed by atoms with van der Waals surface area (Å²) in [7, 11) is 0. The molecule has 0 saturated carbocycles. The average molecular weight is 263 g/mol. The normalized spacial score (nSPS) is 4.71. The Morgan fingerprint density at radius 1 is 1.71 bits per heavy atom. The van der Waals surface area contributed by atoms with Gasteiger partial charge in [-0.15, -0.1) is 0 Å². The summed E-state index contributed by atoms with van der Waals surface area (Å²) in [4.78, 5) is 9.36. The maximum absolute atomic E-state index is 9.36. The van der Waals surface area contributed by atoms with Crippen molar-refractivity contribution in [2.75, 3.05) is 0 Å². The van der Waals surface area contributed by atoms with E-state index in [9.17, 15) is 4.79 Å². The SMILES string of the molecule is [C].[C]C(=O)C=C.[W]. The topological polar surface area (TPSA) is 17.1 Å². The fraction of sp³-hybridized carbons (Fsp3) is 0. The van der Waals surface area contributed by atoms with Crippen LogP contribution in [0.4, 0.5) is 0 Å². The fourth-order valence-corrected chi connectivity index (χ4v) is 0. The van der Waals surface area contributed by atoms with Crippen LogP contribution in [0.15, 0.2) is 12.7 Å². The molecule has 1 nitrogen and oxygen atoms in total. The molecular formula is C5H3OW. The van der Waals surface area contributed by atoms with Crippen LogP contribution in [0.5, 0.6) is 0 Å². The van der Waals surface area contributed by atoms with Crippen molar-refractivity contribution < 1.29 is 25.9 Å². The predicted molar refractivity (Wildman–Crippen MR) is 21.7 cm³/mol. The molecule has 0 fully saturated rings. The van der Waals surface area contributed by atoms with Gasteiger partial charge in [-0.1, -0.05) is 6.58 Å². The maximum Gasteiger partial charge on any atom is 0.164 e. The van der Waals surface area contributed by atoms with Gasteiger partial charge in [0.1, 0.15) is 0 Å². The van der Waals surface area contributed by atoms with Gasteiger partial charge in [-0.25, -0.2) is 0 Å². The van der Waals surface area contributed by atoms with Crippen LogP contribution in [0.3, 0.4) is 0 Å². The maximum atomic E-state index is 9.36. The fourth-order valence-electron chi connectivity index (χ4n) is 0. The first-order chi connectivity index (χ1) is 2.27. The summed E-state index contributed by atoms with van der Waals surface area (Å²) in [6.45, 7) is 9.09. The molecule has 0 bridgehead atoms. The van der Waals surface area contributed by atoms with Crippen LogP contribution in [0.25, 0.3) is 0 Å². The van der Waals surface area contributed by atoms with E-state index < -0.39 is 5.78 Å². The van der Waals surface area contributed by atoms with Gasteiger partial charge >= 0.3 is 0 Å². The molecule has 0 aliphatic carbocycles. The molecule has 0 aliphatic rings. The minimum Gasteiger partial charge on any atom is -0.294 e. The van der Waals surface area contributed by atoms with E-state index in [2.05, 4.69) is 6.58 Å². The van der Waals surface area contributed by atoms with E-state index in [1.54, 1.807) is 0 Å². The number of rotatable bonds is 1. The molecule has 7 radical (unpaired) electrons. The molecular weight excluding hydrogens is 260 g/mol. The number of hydrogen-bond donors (Lipinski definition) is 0. The van der Waals surface area contributed by atoms with Crippen LogP contribution in [0, 0.1) is 14.4 Å². The van der Waals surface area contributed by atoms with Gasteiger partial charge in [-0.05, 0) is 6.08 Å². The van der Waals surface area contributed by atoms with Crippen LogP contribution < -0.4 is 0 Å². The molecule has 0 aromatic carbocycles. The third kappa shape index (κ3) is 23.3.